The minimum absolute atomic E-state index is 0.0648. The fourth-order valence-electron chi connectivity index (χ4n) is 0.589. The second-order valence-electron chi connectivity index (χ2n) is 4.82. The van der Waals surface area contributed by atoms with E-state index in [4.69, 9.17) is 0 Å². The molecular weight excluding hydrogens is 336 g/mol. The van der Waals surface area contributed by atoms with E-state index in [1.165, 1.54) is 26.3 Å². The highest BCUT2D eigenvalue weighted by Crippen LogP contribution is 1.97. The number of aliphatic carboxylic acids is 3. The molecule has 142 valence electrons. The third kappa shape index (κ3) is 22.9. The molecule has 0 saturated heterocycles. The summed E-state index contributed by atoms with van der Waals surface area (Å²) in [6, 6.07) is 10.0. The number of carbonyl (C=O) groups excluding carboxylic acids is 3. The highest BCUT2D eigenvalue weighted by atomic mass is 16.4. The van der Waals surface area contributed by atoms with Gasteiger partial charge < -0.3 is 29.7 Å². The molecule has 0 aliphatic rings. The van der Waals surface area contributed by atoms with Crippen LogP contribution in [-0.4, -0.2) is 17.9 Å². The van der Waals surface area contributed by atoms with Crippen molar-refractivity contribution in [1.29, 1.82) is 0 Å². The first-order chi connectivity index (χ1) is 11.9. The molecule has 1 aromatic carbocycles. The third-order valence-corrected chi connectivity index (χ3v) is 2.08. The van der Waals surface area contributed by atoms with E-state index in [0.29, 0.717) is 0 Å². The zero-order valence-corrected chi connectivity index (χ0v) is 15.2. The van der Waals surface area contributed by atoms with Crippen molar-refractivity contribution < 1.29 is 29.7 Å². The Morgan fingerprint density at radius 2 is 0.962 bits per heavy atom. The Morgan fingerprint density at radius 1 is 0.731 bits per heavy atom. The minimum atomic E-state index is -1.19. The molecule has 0 bridgehead atoms. The Labute approximate surface area is 154 Å². The molecule has 0 fully saturated rings. The number of carbonyl (C=O) groups is 3. The molecule has 1 aromatic rings. The van der Waals surface area contributed by atoms with Crippen molar-refractivity contribution >= 4 is 24.0 Å². The second-order valence-corrected chi connectivity index (χ2v) is 4.82. The quantitative estimate of drug-likeness (QED) is 0.711. The average molecular weight is 359 g/mol. The lowest BCUT2D eigenvalue weighted by Gasteiger charge is -1.93. The van der Waals surface area contributed by atoms with Crippen LogP contribution in [0.2, 0.25) is 0 Å². The van der Waals surface area contributed by atoms with Gasteiger partial charge in [-0.2, -0.15) is 0 Å². The first-order valence-corrected chi connectivity index (χ1v) is 7.14. The fraction of sp³-hybridized carbons (Fsp3) is 0.150. The van der Waals surface area contributed by atoms with Crippen LogP contribution in [0.25, 0.3) is 6.08 Å². The molecule has 26 heavy (non-hydrogen) atoms. The third-order valence-electron chi connectivity index (χ3n) is 2.08. The van der Waals surface area contributed by atoms with Gasteiger partial charge in [-0.05, 0) is 43.1 Å². The van der Waals surface area contributed by atoms with E-state index >= 15 is 0 Å². The summed E-state index contributed by atoms with van der Waals surface area (Å²) in [4.78, 5) is 28.5. The molecule has 0 radical (unpaired) electrons. The van der Waals surface area contributed by atoms with Crippen molar-refractivity contribution in [2.75, 3.05) is 0 Å². The normalized spacial score (nSPS) is 7.81. The van der Waals surface area contributed by atoms with Crippen molar-refractivity contribution in [3.63, 3.8) is 0 Å². The topological polar surface area (TPSA) is 120 Å². The average Bonchev–Trinajstić information content (AvgIpc) is 2.57. The summed E-state index contributed by atoms with van der Waals surface area (Å²) in [7, 11) is 0. The van der Waals surface area contributed by atoms with Gasteiger partial charge in [0.15, 0.2) is 0 Å². The lowest BCUT2D eigenvalue weighted by atomic mass is 10.2. The Morgan fingerprint density at radius 3 is 1.08 bits per heavy atom. The van der Waals surface area contributed by atoms with E-state index in [0.717, 1.165) is 0 Å². The molecule has 6 heteroatoms. The lowest BCUT2D eigenvalue weighted by molar-refractivity contribution is -0.300. The zero-order chi connectivity index (χ0) is 21.3. The molecule has 0 heterocycles. The molecule has 0 aliphatic heterocycles. The predicted molar refractivity (Wildman–Crippen MR) is 96.0 cm³/mol. The molecule has 0 saturated carbocycles. The van der Waals surface area contributed by atoms with E-state index in [1.54, 1.807) is 0 Å². The van der Waals surface area contributed by atoms with Crippen LogP contribution in [0.4, 0.5) is 0 Å². The van der Waals surface area contributed by atoms with Crippen molar-refractivity contribution in [3.8, 4) is 0 Å². The van der Waals surface area contributed by atoms with Crippen molar-refractivity contribution in [3.05, 3.63) is 78.9 Å². The van der Waals surface area contributed by atoms with Gasteiger partial charge >= 0.3 is 0 Å². The Bertz CT molecular complexity index is 548. The van der Waals surface area contributed by atoms with Crippen molar-refractivity contribution in [1.82, 2.24) is 0 Å². The standard InChI is InChI=1S/C8H8.3C4H6O2/c1-2-8-6-4-3-5-7-8;3*1-3(2)4(5)6/h2-7H,1H2;3*1H2,2H3,(H,5,6)/p-3. The molecule has 0 aliphatic carbocycles. The van der Waals surface area contributed by atoms with E-state index in [-0.39, 0.29) is 16.7 Å². The first-order valence-electron chi connectivity index (χ1n) is 7.14. The molecule has 0 spiro atoms. The maximum Gasteiger partial charge on any atom is 0.0666 e. The van der Waals surface area contributed by atoms with Gasteiger partial charge in [-0.3, -0.25) is 0 Å². The van der Waals surface area contributed by atoms with Crippen LogP contribution >= 0.6 is 0 Å². The summed E-state index contributed by atoms with van der Waals surface area (Å²) in [5, 5.41) is 28.5. The van der Waals surface area contributed by atoms with E-state index in [1.807, 2.05) is 36.4 Å². The van der Waals surface area contributed by atoms with E-state index in [9.17, 15) is 29.7 Å². The number of hydrogen-bond acceptors (Lipinski definition) is 6. The van der Waals surface area contributed by atoms with Crippen LogP contribution in [0.5, 0.6) is 0 Å². The predicted octanol–water partition coefficient (Wildman–Crippen LogP) is 0.267. The molecule has 0 amide bonds. The van der Waals surface area contributed by atoms with Gasteiger partial charge in [0, 0.05) is 0 Å². The zero-order valence-electron chi connectivity index (χ0n) is 15.2. The van der Waals surface area contributed by atoms with Gasteiger partial charge in [-0.25, -0.2) is 0 Å². The lowest BCUT2D eigenvalue weighted by Crippen LogP contribution is -2.22. The largest absolute Gasteiger partial charge is 0.545 e. The van der Waals surface area contributed by atoms with Crippen LogP contribution in [0.3, 0.4) is 0 Å². The van der Waals surface area contributed by atoms with Gasteiger partial charge in [-0.15, -0.1) is 0 Å². The SMILES string of the molecule is C=C(C)C(=O)[O-].C=C(C)C(=O)[O-].C=C(C)C(=O)[O-].C=Cc1ccccc1. The maximum absolute atomic E-state index is 9.49. The van der Waals surface area contributed by atoms with E-state index in [2.05, 4.69) is 26.3 Å². The van der Waals surface area contributed by atoms with Gasteiger partial charge in [-0.1, -0.05) is 62.7 Å². The fourth-order valence-corrected chi connectivity index (χ4v) is 0.589. The minimum Gasteiger partial charge on any atom is -0.545 e. The maximum atomic E-state index is 9.49. The van der Waals surface area contributed by atoms with Crippen LogP contribution in [0.15, 0.2) is 73.4 Å². The van der Waals surface area contributed by atoms with Gasteiger partial charge in [0.2, 0.25) is 0 Å². The molecule has 0 atom stereocenters. The number of carboxylic acids is 3. The summed E-state index contributed by atoms with van der Waals surface area (Å²) in [5.41, 5.74) is 1.37. The number of carboxylic acid groups (broad SMARTS) is 3. The van der Waals surface area contributed by atoms with Crippen molar-refractivity contribution in [2.24, 2.45) is 0 Å². The molecular formula is C20H23O6-3. The Hall–Kier alpha value is -3.41. The van der Waals surface area contributed by atoms with Crippen LogP contribution < -0.4 is 15.3 Å². The van der Waals surface area contributed by atoms with Crippen LogP contribution in [0, 0.1) is 0 Å². The number of hydrogen-bond donors (Lipinski definition) is 0. The smallest absolute Gasteiger partial charge is 0.0666 e. The monoisotopic (exact) mass is 359 g/mol. The first kappa shape index (κ1) is 27.4. The van der Waals surface area contributed by atoms with E-state index < -0.39 is 17.9 Å². The Kier molecular flexibility index (Phi) is 17.4. The molecule has 6 nitrogen and oxygen atoms in total. The Balaban J connectivity index is -0.000000275. The van der Waals surface area contributed by atoms with Gasteiger partial charge in [0.1, 0.15) is 0 Å². The number of benzene rings is 1. The summed E-state index contributed by atoms with van der Waals surface area (Å²) in [5.74, 6) is -3.56. The summed E-state index contributed by atoms with van der Waals surface area (Å²) in [6.07, 6.45) is 1.83. The van der Waals surface area contributed by atoms with Crippen molar-refractivity contribution in [2.45, 2.75) is 20.8 Å². The van der Waals surface area contributed by atoms with Gasteiger partial charge in [0.25, 0.3) is 0 Å². The summed E-state index contributed by atoms with van der Waals surface area (Å²) >= 11 is 0. The van der Waals surface area contributed by atoms with Gasteiger partial charge in [0.05, 0.1) is 17.9 Å². The highest BCUT2D eigenvalue weighted by molar-refractivity contribution is 5.83. The molecule has 0 aromatic heterocycles. The highest BCUT2D eigenvalue weighted by Gasteiger charge is 1.77. The second kappa shape index (κ2) is 16.4. The number of rotatable bonds is 4. The molecule has 0 unspecified atom stereocenters. The summed E-state index contributed by atoms with van der Waals surface area (Å²) < 4.78 is 0. The summed E-state index contributed by atoms with van der Waals surface area (Å²) in [6.45, 7) is 17.1. The van der Waals surface area contributed by atoms with Crippen LogP contribution in [-0.2, 0) is 14.4 Å². The molecule has 1 rings (SSSR count). The van der Waals surface area contributed by atoms with Crippen LogP contribution in [0.1, 0.15) is 26.3 Å². The molecule has 0 N–H and O–H groups in total.